The second kappa shape index (κ2) is 13.4. The van der Waals surface area contributed by atoms with Gasteiger partial charge in [0, 0.05) is 6.42 Å². The molecule has 1 atom stereocenters. The maximum atomic E-state index is 12.6. The summed E-state index contributed by atoms with van der Waals surface area (Å²) in [5.74, 6) is -0.450. The Kier molecular flexibility index (Phi) is 11.3. The first-order valence-corrected chi connectivity index (χ1v) is 9.63. The third-order valence-corrected chi connectivity index (χ3v) is 4.31. The maximum absolute atomic E-state index is 12.6. The predicted molar refractivity (Wildman–Crippen MR) is 120 cm³/mol. The van der Waals surface area contributed by atoms with E-state index in [1.165, 1.54) is 12.1 Å². The van der Waals surface area contributed by atoms with Crippen LogP contribution in [0.3, 0.4) is 0 Å². The summed E-state index contributed by atoms with van der Waals surface area (Å²) in [4.78, 5) is 10.2. The molecule has 2 N–H and O–H groups in total. The van der Waals surface area contributed by atoms with Crippen molar-refractivity contribution in [3.8, 4) is 5.75 Å². The molecule has 0 aliphatic rings. The second-order valence-electron chi connectivity index (χ2n) is 6.60. The molecule has 0 saturated carbocycles. The van der Waals surface area contributed by atoms with Gasteiger partial charge in [-0.15, -0.1) is 12.4 Å². The molecule has 0 aliphatic heterocycles. The molecule has 0 heterocycles. The number of alkyl halides is 3. The lowest BCUT2D eigenvalue weighted by Gasteiger charge is -2.20. The van der Waals surface area contributed by atoms with E-state index in [1.54, 1.807) is 30.3 Å². The number of hydrogen-bond donors (Lipinski definition) is 2. The average molecular weight is 468 g/mol. The molecule has 32 heavy (non-hydrogen) atoms. The van der Waals surface area contributed by atoms with Gasteiger partial charge in [0.2, 0.25) is 0 Å². The largest absolute Gasteiger partial charge is 0.486 e. The van der Waals surface area contributed by atoms with E-state index in [1.807, 2.05) is 37.4 Å². The number of halogens is 4. The number of nitrogens with one attached hydrogen (secondary N) is 1. The van der Waals surface area contributed by atoms with E-state index in [2.05, 4.69) is 5.32 Å². The molecule has 4 nitrogen and oxygen atoms in total. The number of hydrogen-bond acceptors (Lipinski definition) is 3. The summed E-state index contributed by atoms with van der Waals surface area (Å²) in [7, 11) is 1.85. The van der Waals surface area contributed by atoms with Gasteiger partial charge in [-0.05, 0) is 55.6 Å². The van der Waals surface area contributed by atoms with Crippen LogP contribution in [0.2, 0.25) is 0 Å². The highest BCUT2D eigenvalue weighted by Crippen LogP contribution is 2.31. The van der Waals surface area contributed by atoms with Gasteiger partial charge in [0.1, 0.15) is 11.9 Å². The molecule has 0 aromatic heterocycles. The molecule has 3 aromatic rings. The van der Waals surface area contributed by atoms with Crippen LogP contribution in [0.25, 0.3) is 0 Å². The third kappa shape index (κ3) is 8.99. The summed E-state index contributed by atoms with van der Waals surface area (Å²) in [6, 6.07) is 22.7. The van der Waals surface area contributed by atoms with Gasteiger partial charge in [0.25, 0.3) is 0 Å². The molecule has 3 aromatic carbocycles. The van der Waals surface area contributed by atoms with Gasteiger partial charge in [0.15, 0.2) is 0 Å². The van der Waals surface area contributed by atoms with Crippen molar-refractivity contribution in [2.45, 2.75) is 18.7 Å². The van der Waals surface area contributed by atoms with Gasteiger partial charge < -0.3 is 15.2 Å². The molecule has 0 fully saturated rings. The average Bonchev–Trinajstić information content (AvgIpc) is 2.78. The lowest BCUT2D eigenvalue weighted by atomic mass is 10.1. The zero-order valence-electron chi connectivity index (χ0n) is 17.4. The summed E-state index contributed by atoms with van der Waals surface area (Å²) in [6.45, 7) is 0.750. The zero-order chi connectivity index (χ0) is 22.7. The number of carbonyl (C=O) groups is 1. The number of aromatic carboxylic acids is 1. The quantitative estimate of drug-likeness (QED) is 0.431. The lowest BCUT2D eigenvalue weighted by Crippen LogP contribution is -2.16. The van der Waals surface area contributed by atoms with Crippen molar-refractivity contribution in [1.82, 2.24) is 5.32 Å². The molecule has 0 amide bonds. The first-order valence-electron chi connectivity index (χ1n) is 9.63. The molecule has 0 aliphatic carbocycles. The predicted octanol–water partition coefficient (Wildman–Crippen LogP) is 6.24. The normalized spacial score (nSPS) is 11.4. The molecule has 0 radical (unpaired) electrons. The fourth-order valence-electron chi connectivity index (χ4n) is 2.70. The molecule has 0 spiro atoms. The summed E-state index contributed by atoms with van der Waals surface area (Å²) < 4.78 is 43.6. The third-order valence-electron chi connectivity index (χ3n) is 4.31. The van der Waals surface area contributed by atoms with E-state index in [0.29, 0.717) is 11.3 Å². The van der Waals surface area contributed by atoms with Crippen LogP contribution in [0, 0.1) is 0 Å². The van der Waals surface area contributed by atoms with Gasteiger partial charge in [-0.25, -0.2) is 4.79 Å². The summed E-state index contributed by atoms with van der Waals surface area (Å²) in [5, 5.41) is 11.4. The van der Waals surface area contributed by atoms with Crippen molar-refractivity contribution in [2.75, 3.05) is 13.6 Å². The number of ether oxygens (including phenoxy) is 1. The molecule has 172 valence electrons. The maximum Gasteiger partial charge on any atom is 0.416 e. The van der Waals surface area contributed by atoms with E-state index in [-0.39, 0.29) is 18.5 Å². The lowest BCUT2D eigenvalue weighted by molar-refractivity contribution is -0.137. The SMILES string of the molecule is CNCCC(Oc1ccc(C(F)(F)F)cc1)c1ccccc1.Cl.O=C(O)c1ccccc1. The molecular weight excluding hydrogens is 443 g/mol. The van der Waals surface area contributed by atoms with E-state index < -0.39 is 17.7 Å². The van der Waals surface area contributed by atoms with Crippen molar-refractivity contribution in [3.05, 3.63) is 102 Å². The van der Waals surface area contributed by atoms with Crippen LogP contribution < -0.4 is 10.1 Å². The van der Waals surface area contributed by atoms with Crippen LogP contribution in [0.1, 0.15) is 34.0 Å². The Morgan fingerprint density at radius 1 is 0.938 bits per heavy atom. The van der Waals surface area contributed by atoms with Crippen molar-refractivity contribution in [2.24, 2.45) is 0 Å². The van der Waals surface area contributed by atoms with E-state index >= 15 is 0 Å². The number of carboxylic acid groups (broad SMARTS) is 1. The van der Waals surface area contributed by atoms with Crippen molar-refractivity contribution < 1.29 is 27.8 Å². The van der Waals surface area contributed by atoms with Gasteiger partial charge in [-0.2, -0.15) is 13.2 Å². The van der Waals surface area contributed by atoms with E-state index in [4.69, 9.17) is 9.84 Å². The Bertz CT molecular complexity index is 921. The first-order chi connectivity index (χ1) is 14.8. The fourth-order valence-corrected chi connectivity index (χ4v) is 2.70. The van der Waals surface area contributed by atoms with Crippen LogP contribution in [0.15, 0.2) is 84.9 Å². The smallest absolute Gasteiger partial charge is 0.416 e. The van der Waals surface area contributed by atoms with Gasteiger partial charge in [-0.1, -0.05) is 48.5 Å². The summed E-state index contributed by atoms with van der Waals surface area (Å²) >= 11 is 0. The number of carboxylic acids is 1. The minimum Gasteiger partial charge on any atom is -0.486 e. The number of benzene rings is 3. The topological polar surface area (TPSA) is 58.6 Å². The highest BCUT2D eigenvalue weighted by atomic mass is 35.5. The monoisotopic (exact) mass is 467 g/mol. The minimum absolute atomic E-state index is 0. The van der Waals surface area contributed by atoms with Crippen LogP contribution >= 0.6 is 12.4 Å². The zero-order valence-corrected chi connectivity index (χ0v) is 18.2. The minimum atomic E-state index is -4.33. The Morgan fingerprint density at radius 2 is 1.47 bits per heavy atom. The standard InChI is InChI=1S/C17H18F3NO.C7H6O2.ClH/c1-21-12-11-16(13-5-3-2-4-6-13)22-15-9-7-14(8-10-15)17(18,19)20;8-7(9)6-4-2-1-3-5-6;/h2-10,16,21H,11-12H2,1H3;1-5H,(H,8,9);1H. The Balaban J connectivity index is 0.000000431. The van der Waals surface area contributed by atoms with Crippen LogP contribution in [0.4, 0.5) is 13.2 Å². The Labute approximate surface area is 191 Å². The van der Waals surface area contributed by atoms with E-state index in [0.717, 1.165) is 30.7 Å². The van der Waals surface area contributed by atoms with Crippen LogP contribution in [-0.2, 0) is 6.18 Å². The molecule has 3 rings (SSSR count). The van der Waals surface area contributed by atoms with Gasteiger partial charge in [-0.3, -0.25) is 0 Å². The highest BCUT2D eigenvalue weighted by Gasteiger charge is 2.30. The van der Waals surface area contributed by atoms with Gasteiger partial charge >= 0.3 is 12.1 Å². The molecule has 8 heteroatoms. The second-order valence-corrected chi connectivity index (χ2v) is 6.60. The highest BCUT2D eigenvalue weighted by molar-refractivity contribution is 5.87. The fraction of sp³-hybridized carbons (Fsp3) is 0.208. The number of rotatable bonds is 7. The first kappa shape index (κ1) is 27.0. The van der Waals surface area contributed by atoms with Crippen LogP contribution in [-0.4, -0.2) is 24.7 Å². The molecule has 0 saturated heterocycles. The van der Waals surface area contributed by atoms with E-state index in [9.17, 15) is 18.0 Å². The molecule has 0 bridgehead atoms. The summed E-state index contributed by atoms with van der Waals surface area (Å²) in [6.07, 6.45) is -3.81. The van der Waals surface area contributed by atoms with Crippen molar-refractivity contribution in [1.29, 1.82) is 0 Å². The molecular formula is C24H25ClF3NO3. The van der Waals surface area contributed by atoms with Gasteiger partial charge in [0.05, 0.1) is 11.1 Å². The Hall–Kier alpha value is -3.03. The van der Waals surface area contributed by atoms with Crippen LogP contribution in [0.5, 0.6) is 5.75 Å². The van der Waals surface area contributed by atoms with Crippen molar-refractivity contribution in [3.63, 3.8) is 0 Å². The molecule has 1 unspecified atom stereocenters. The van der Waals surface area contributed by atoms with Crippen molar-refractivity contribution >= 4 is 18.4 Å². The summed E-state index contributed by atoms with van der Waals surface area (Å²) in [5.41, 5.74) is 0.654. The Morgan fingerprint density at radius 3 is 1.91 bits per heavy atom.